The van der Waals surface area contributed by atoms with Gasteiger partial charge in [0.15, 0.2) is 0 Å². The third-order valence-electron chi connectivity index (χ3n) is 3.08. The second kappa shape index (κ2) is 6.65. The molecular weight excluding hydrogens is 312 g/mol. The lowest BCUT2D eigenvalue weighted by atomic mass is 10.1. The molecule has 0 fully saturated rings. The van der Waals surface area contributed by atoms with Gasteiger partial charge in [-0.2, -0.15) is 5.26 Å². The first kappa shape index (κ1) is 14.6. The molecule has 0 atom stereocenters. The van der Waals surface area contributed by atoms with Crippen LogP contribution in [0.5, 0.6) is 0 Å². The first-order chi connectivity index (χ1) is 10.8. The summed E-state index contributed by atoms with van der Waals surface area (Å²) >= 11 is 7.41. The zero-order valence-corrected chi connectivity index (χ0v) is 13.1. The second-order valence-corrected chi connectivity index (χ2v) is 6.08. The van der Waals surface area contributed by atoms with Crippen LogP contribution in [0.1, 0.15) is 5.56 Å². The van der Waals surface area contributed by atoms with Crippen LogP contribution in [-0.4, -0.2) is 4.98 Å². The smallest absolute Gasteiger partial charge is 0.119 e. The number of hydrogen-bond acceptors (Lipinski definition) is 3. The van der Waals surface area contributed by atoms with E-state index in [1.165, 1.54) is 11.8 Å². The van der Waals surface area contributed by atoms with Crippen LogP contribution in [0.15, 0.2) is 76.7 Å². The number of nitriles is 1. The van der Waals surface area contributed by atoms with E-state index in [2.05, 4.69) is 11.1 Å². The van der Waals surface area contributed by atoms with E-state index in [4.69, 9.17) is 11.6 Å². The van der Waals surface area contributed by atoms with Crippen molar-refractivity contribution in [2.75, 3.05) is 0 Å². The van der Waals surface area contributed by atoms with Crippen LogP contribution >= 0.6 is 23.4 Å². The number of rotatable bonds is 3. The Balaban J connectivity index is 1.99. The Morgan fingerprint density at radius 2 is 1.64 bits per heavy atom. The lowest BCUT2D eigenvalue weighted by Gasteiger charge is -2.07. The molecule has 22 heavy (non-hydrogen) atoms. The maximum atomic E-state index is 9.27. The van der Waals surface area contributed by atoms with E-state index in [1.54, 1.807) is 0 Å². The van der Waals surface area contributed by atoms with Crippen LogP contribution in [0.2, 0.25) is 5.02 Å². The maximum absolute atomic E-state index is 9.27. The Morgan fingerprint density at radius 3 is 2.32 bits per heavy atom. The molecule has 0 saturated heterocycles. The summed E-state index contributed by atoms with van der Waals surface area (Å²) in [6, 6.07) is 23.3. The second-order valence-electron chi connectivity index (χ2n) is 4.58. The molecule has 0 aliphatic carbocycles. The first-order valence-electron chi connectivity index (χ1n) is 6.66. The number of halogens is 1. The summed E-state index contributed by atoms with van der Waals surface area (Å²) in [5, 5.41) is 10.7. The average molecular weight is 323 g/mol. The number of benzene rings is 2. The van der Waals surface area contributed by atoms with Gasteiger partial charge in [0.05, 0.1) is 11.3 Å². The predicted octanol–water partition coefficient (Wildman–Crippen LogP) is 5.42. The standard InChI is InChI=1S/C18H11ClN2S/c19-15-9-6-13(7-10-15)17-11-8-14(12-20)18(21-17)22-16-4-2-1-3-5-16/h1-11H. The predicted molar refractivity (Wildman–Crippen MR) is 90.0 cm³/mol. The fraction of sp³-hybridized carbons (Fsp3) is 0. The summed E-state index contributed by atoms with van der Waals surface area (Å²) in [5.41, 5.74) is 2.38. The number of aromatic nitrogens is 1. The van der Waals surface area contributed by atoms with Crippen LogP contribution in [0.3, 0.4) is 0 Å². The molecule has 1 aromatic heterocycles. The van der Waals surface area contributed by atoms with Crippen LogP contribution in [0.25, 0.3) is 11.3 Å². The van der Waals surface area contributed by atoms with E-state index >= 15 is 0 Å². The minimum atomic E-state index is 0.576. The zero-order chi connectivity index (χ0) is 15.4. The van der Waals surface area contributed by atoms with E-state index in [9.17, 15) is 5.26 Å². The Labute approximate surface area is 138 Å². The third-order valence-corrected chi connectivity index (χ3v) is 4.34. The van der Waals surface area contributed by atoms with Crippen molar-refractivity contribution >= 4 is 23.4 Å². The van der Waals surface area contributed by atoms with Gasteiger partial charge in [-0.25, -0.2) is 4.98 Å². The van der Waals surface area contributed by atoms with Crippen molar-refractivity contribution in [1.29, 1.82) is 5.26 Å². The quantitative estimate of drug-likeness (QED) is 0.645. The van der Waals surface area contributed by atoms with Gasteiger partial charge < -0.3 is 0 Å². The molecule has 3 aromatic rings. The van der Waals surface area contributed by atoms with Gasteiger partial charge in [-0.1, -0.05) is 53.7 Å². The maximum Gasteiger partial charge on any atom is 0.119 e. The van der Waals surface area contributed by atoms with Crippen molar-refractivity contribution in [3.63, 3.8) is 0 Å². The topological polar surface area (TPSA) is 36.7 Å². The molecule has 0 spiro atoms. The highest BCUT2D eigenvalue weighted by atomic mass is 35.5. The highest BCUT2D eigenvalue weighted by molar-refractivity contribution is 7.99. The number of nitrogens with zero attached hydrogens (tertiary/aromatic N) is 2. The van der Waals surface area contributed by atoms with Gasteiger partial charge >= 0.3 is 0 Å². The van der Waals surface area contributed by atoms with Crippen molar-refractivity contribution < 1.29 is 0 Å². The molecule has 106 valence electrons. The molecule has 0 bridgehead atoms. The molecule has 2 aromatic carbocycles. The summed E-state index contributed by atoms with van der Waals surface area (Å²) in [4.78, 5) is 5.69. The third kappa shape index (κ3) is 3.30. The summed E-state index contributed by atoms with van der Waals surface area (Å²) in [6.45, 7) is 0. The van der Waals surface area contributed by atoms with Gasteiger partial charge in [0.1, 0.15) is 11.1 Å². The van der Waals surface area contributed by atoms with Crippen molar-refractivity contribution in [3.8, 4) is 17.3 Å². The van der Waals surface area contributed by atoms with Crippen molar-refractivity contribution in [2.45, 2.75) is 9.92 Å². The van der Waals surface area contributed by atoms with Crippen LogP contribution in [0.4, 0.5) is 0 Å². The van der Waals surface area contributed by atoms with Gasteiger partial charge in [-0.15, -0.1) is 0 Å². The Kier molecular flexibility index (Phi) is 4.43. The first-order valence-corrected chi connectivity index (χ1v) is 7.86. The fourth-order valence-corrected chi connectivity index (χ4v) is 3.00. The summed E-state index contributed by atoms with van der Waals surface area (Å²) in [6.07, 6.45) is 0. The van der Waals surface area contributed by atoms with Gasteiger partial charge in [-0.05, 0) is 36.4 Å². The molecule has 0 amide bonds. The monoisotopic (exact) mass is 322 g/mol. The summed E-state index contributed by atoms with van der Waals surface area (Å²) < 4.78 is 0. The number of pyridine rings is 1. The van der Waals surface area contributed by atoms with Crippen molar-refractivity contribution in [1.82, 2.24) is 4.98 Å². The summed E-state index contributed by atoms with van der Waals surface area (Å²) in [5.74, 6) is 0. The molecule has 0 unspecified atom stereocenters. The Bertz CT molecular complexity index is 824. The average Bonchev–Trinajstić information content (AvgIpc) is 2.56. The molecule has 2 nitrogen and oxygen atoms in total. The Morgan fingerprint density at radius 1 is 0.909 bits per heavy atom. The van der Waals surface area contributed by atoms with E-state index in [-0.39, 0.29) is 0 Å². The lowest BCUT2D eigenvalue weighted by Crippen LogP contribution is -1.90. The van der Waals surface area contributed by atoms with Crippen LogP contribution in [0, 0.1) is 11.3 Å². The van der Waals surface area contributed by atoms with Gasteiger partial charge in [-0.3, -0.25) is 0 Å². The molecule has 0 aliphatic heterocycles. The van der Waals surface area contributed by atoms with Gasteiger partial charge in [0, 0.05) is 15.5 Å². The molecule has 3 rings (SSSR count). The van der Waals surface area contributed by atoms with Crippen LogP contribution < -0.4 is 0 Å². The minimum Gasteiger partial charge on any atom is -0.240 e. The molecule has 0 aliphatic rings. The van der Waals surface area contributed by atoms with Crippen molar-refractivity contribution in [3.05, 3.63) is 77.3 Å². The largest absolute Gasteiger partial charge is 0.240 e. The fourth-order valence-electron chi connectivity index (χ4n) is 1.98. The number of hydrogen-bond donors (Lipinski definition) is 0. The SMILES string of the molecule is N#Cc1ccc(-c2ccc(Cl)cc2)nc1Sc1ccccc1. The van der Waals surface area contributed by atoms with Crippen LogP contribution in [-0.2, 0) is 0 Å². The molecule has 0 N–H and O–H groups in total. The van der Waals surface area contributed by atoms with Gasteiger partial charge in [0.2, 0.25) is 0 Å². The minimum absolute atomic E-state index is 0.576. The van der Waals surface area contributed by atoms with Gasteiger partial charge in [0.25, 0.3) is 0 Å². The lowest BCUT2D eigenvalue weighted by molar-refractivity contribution is 1.11. The van der Waals surface area contributed by atoms with E-state index < -0.39 is 0 Å². The van der Waals surface area contributed by atoms with E-state index in [0.717, 1.165) is 16.2 Å². The van der Waals surface area contributed by atoms with E-state index in [0.29, 0.717) is 15.6 Å². The van der Waals surface area contributed by atoms with Crippen molar-refractivity contribution in [2.24, 2.45) is 0 Å². The molecule has 1 heterocycles. The zero-order valence-electron chi connectivity index (χ0n) is 11.5. The molecule has 4 heteroatoms. The Hall–Kier alpha value is -2.28. The van der Waals surface area contributed by atoms with E-state index in [1.807, 2.05) is 66.7 Å². The molecule has 0 saturated carbocycles. The highest BCUT2D eigenvalue weighted by Crippen LogP contribution is 2.31. The highest BCUT2D eigenvalue weighted by Gasteiger charge is 2.09. The normalized spacial score (nSPS) is 10.2. The molecule has 0 radical (unpaired) electrons. The molecular formula is C18H11ClN2S. The summed E-state index contributed by atoms with van der Waals surface area (Å²) in [7, 11) is 0.